The molecule has 0 spiro atoms. The van der Waals surface area contributed by atoms with Crippen LogP contribution in [0.1, 0.15) is 16.2 Å². The lowest BCUT2D eigenvalue weighted by Crippen LogP contribution is -2.36. The Morgan fingerprint density at radius 3 is 3.14 bits per heavy atom. The Balaban J connectivity index is 1.67. The summed E-state index contributed by atoms with van der Waals surface area (Å²) in [6, 6.07) is 5.90. The van der Waals surface area contributed by atoms with E-state index in [9.17, 15) is 4.79 Å². The molecule has 5 nitrogen and oxygen atoms in total. The highest BCUT2D eigenvalue weighted by Gasteiger charge is 2.24. The van der Waals surface area contributed by atoms with Crippen molar-refractivity contribution < 1.29 is 9.53 Å². The molecular formula is C15H17N3O2S. The normalized spacial score (nSPS) is 19.2. The van der Waals surface area contributed by atoms with Gasteiger partial charge in [0, 0.05) is 36.3 Å². The van der Waals surface area contributed by atoms with Crippen LogP contribution in [0.25, 0.3) is 0 Å². The molecule has 0 aliphatic carbocycles. The smallest absolute Gasteiger partial charge is 0.273 e. The lowest BCUT2D eigenvalue weighted by atomic mass is 10.0. The Kier molecular flexibility index (Phi) is 4.57. The molecule has 110 valence electrons. The number of ether oxygens (including phenoxy) is 1. The number of thiazole rings is 1. The molecule has 1 aliphatic heterocycles. The third kappa shape index (κ3) is 3.65. The molecule has 2 aromatic rings. The summed E-state index contributed by atoms with van der Waals surface area (Å²) in [5.74, 6) is 0.262. The van der Waals surface area contributed by atoms with Gasteiger partial charge in [-0.25, -0.2) is 4.98 Å². The van der Waals surface area contributed by atoms with Gasteiger partial charge in [-0.3, -0.25) is 9.78 Å². The van der Waals surface area contributed by atoms with E-state index < -0.39 is 0 Å². The van der Waals surface area contributed by atoms with Crippen molar-refractivity contribution in [2.45, 2.75) is 6.42 Å². The third-order valence-corrected chi connectivity index (χ3v) is 4.09. The minimum atomic E-state index is -0.00669. The number of carbonyl (C=O) groups is 1. The Morgan fingerprint density at radius 1 is 1.43 bits per heavy atom. The molecular weight excluding hydrogens is 286 g/mol. The van der Waals surface area contributed by atoms with E-state index in [4.69, 9.17) is 4.74 Å². The Labute approximate surface area is 127 Å². The molecule has 3 rings (SSSR count). The van der Waals surface area contributed by atoms with Gasteiger partial charge < -0.3 is 9.64 Å². The van der Waals surface area contributed by atoms with E-state index in [0.29, 0.717) is 32.0 Å². The quantitative estimate of drug-likeness (QED) is 0.868. The van der Waals surface area contributed by atoms with E-state index in [0.717, 1.165) is 12.1 Å². The Morgan fingerprint density at radius 2 is 2.38 bits per heavy atom. The Hall–Kier alpha value is -1.79. The molecule has 1 saturated heterocycles. The highest BCUT2D eigenvalue weighted by molar-refractivity contribution is 7.07. The zero-order chi connectivity index (χ0) is 14.5. The molecule has 3 heterocycles. The summed E-state index contributed by atoms with van der Waals surface area (Å²) in [6.07, 6.45) is 2.62. The van der Waals surface area contributed by atoms with Crippen molar-refractivity contribution in [3.63, 3.8) is 0 Å². The summed E-state index contributed by atoms with van der Waals surface area (Å²) in [5.41, 5.74) is 3.25. The fourth-order valence-corrected chi connectivity index (χ4v) is 3.01. The number of aromatic nitrogens is 2. The van der Waals surface area contributed by atoms with Crippen LogP contribution in [-0.2, 0) is 11.2 Å². The fraction of sp³-hybridized carbons (Fsp3) is 0.400. The SMILES string of the molecule is O=C(c1cscn1)N1CCOCC(Cc2ccccn2)C1. The summed E-state index contributed by atoms with van der Waals surface area (Å²) in [5, 5.41) is 1.79. The first-order chi connectivity index (χ1) is 10.3. The molecule has 1 atom stereocenters. The molecule has 6 heteroatoms. The number of carbonyl (C=O) groups excluding carboxylic acids is 1. The summed E-state index contributed by atoms with van der Waals surface area (Å²) >= 11 is 1.44. The van der Waals surface area contributed by atoms with Crippen molar-refractivity contribution in [1.29, 1.82) is 0 Å². The average molecular weight is 303 g/mol. The largest absolute Gasteiger partial charge is 0.379 e. The van der Waals surface area contributed by atoms with Crippen molar-refractivity contribution in [2.75, 3.05) is 26.3 Å². The van der Waals surface area contributed by atoms with E-state index >= 15 is 0 Å². The van der Waals surface area contributed by atoms with Gasteiger partial charge in [0.1, 0.15) is 5.69 Å². The molecule has 1 unspecified atom stereocenters. The van der Waals surface area contributed by atoms with Crippen LogP contribution in [0.15, 0.2) is 35.3 Å². The molecule has 0 saturated carbocycles. The molecule has 2 aromatic heterocycles. The minimum absolute atomic E-state index is 0.00669. The summed E-state index contributed by atoms with van der Waals surface area (Å²) in [7, 11) is 0. The van der Waals surface area contributed by atoms with Crippen molar-refractivity contribution in [3.05, 3.63) is 46.7 Å². The maximum Gasteiger partial charge on any atom is 0.273 e. The topological polar surface area (TPSA) is 55.3 Å². The first-order valence-corrected chi connectivity index (χ1v) is 7.92. The number of pyridine rings is 1. The van der Waals surface area contributed by atoms with Crippen molar-refractivity contribution in [3.8, 4) is 0 Å². The average Bonchev–Trinajstić information content (AvgIpc) is 2.95. The summed E-state index contributed by atoms with van der Waals surface area (Å²) < 4.78 is 5.64. The van der Waals surface area contributed by atoms with Gasteiger partial charge in [-0.05, 0) is 18.6 Å². The van der Waals surface area contributed by atoms with Crippen LogP contribution < -0.4 is 0 Å². The summed E-state index contributed by atoms with van der Waals surface area (Å²) in [4.78, 5) is 22.7. The lowest BCUT2D eigenvalue weighted by molar-refractivity contribution is 0.0732. The van der Waals surface area contributed by atoms with Gasteiger partial charge in [0.05, 0.1) is 18.7 Å². The molecule has 21 heavy (non-hydrogen) atoms. The maximum atomic E-state index is 12.4. The second-order valence-electron chi connectivity index (χ2n) is 5.09. The van der Waals surface area contributed by atoms with Gasteiger partial charge in [0.15, 0.2) is 0 Å². The molecule has 0 aromatic carbocycles. The van der Waals surface area contributed by atoms with Crippen LogP contribution in [-0.4, -0.2) is 47.1 Å². The molecule has 1 amide bonds. The third-order valence-electron chi connectivity index (χ3n) is 3.50. The Bertz CT molecular complexity index is 574. The highest BCUT2D eigenvalue weighted by atomic mass is 32.1. The zero-order valence-electron chi connectivity index (χ0n) is 11.6. The van der Waals surface area contributed by atoms with E-state index in [1.54, 1.807) is 17.1 Å². The van der Waals surface area contributed by atoms with Crippen LogP contribution in [0.3, 0.4) is 0 Å². The van der Waals surface area contributed by atoms with Crippen molar-refractivity contribution in [1.82, 2.24) is 14.9 Å². The second-order valence-corrected chi connectivity index (χ2v) is 5.81. The minimum Gasteiger partial charge on any atom is -0.379 e. The van der Waals surface area contributed by atoms with E-state index in [1.165, 1.54) is 11.3 Å². The van der Waals surface area contributed by atoms with E-state index in [1.807, 2.05) is 23.1 Å². The number of amides is 1. The van der Waals surface area contributed by atoms with Gasteiger partial charge in [0.25, 0.3) is 5.91 Å². The van der Waals surface area contributed by atoms with Crippen LogP contribution >= 0.6 is 11.3 Å². The predicted molar refractivity (Wildman–Crippen MR) is 80.3 cm³/mol. The highest BCUT2D eigenvalue weighted by Crippen LogP contribution is 2.15. The second kappa shape index (κ2) is 6.78. The molecule has 1 fully saturated rings. The van der Waals surface area contributed by atoms with Crippen LogP contribution in [0.4, 0.5) is 0 Å². The van der Waals surface area contributed by atoms with Gasteiger partial charge in [-0.15, -0.1) is 11.3 Å². The standard InChI is InChI=1S/C15H17N3O2S/c19-15(14-10-21-11-17-14)18-5-6-20-9-12(8-18)7-13-3-1-2-4-16-13/h1-4,10-12H,5-9H2. The number of hydrogen-bond acceptors (Lipinski definition) is 5. The summed E-state index contributed by atoms with van der Waals surface area (Å²) in [6.45, 7) is 2.55. The monoisotopic (exact) mass is 303 g/mol. The van der Waals surface area contributed by atoms with Crippen LogP contribution in [0, 0.1) is 5.92 Å². The van der Waals surface area contributed by atoms with E-state index in [2.05, 4.69) is 9.97 Å². The number of nitrogens with zero attached hydrogens (tertiary/aromatic N) is 3. The number of hydrogen-bond donors (Lipinski definition) is 0. The van der Waals surface area contributed by atoms with Gasteiger partial charge in [0.2, 0.25) is 0 Å². The first-order valence-electron chi connectivity index (χ1n) is 6.98. The van der Waals surface area contributed by atoms with Crippen molar-refractivity contribution in [2.24, 2.45) is 5.92 Å². The fourth-order valence-electron chi connectivity index (χ4n) is 2.48. The first kappa shape index (κ1) is 14.2. The molecule has 0 bridgehead atoms. The predicted octanol–water partition coefficient (Wildman–Crippen LogP) is 1.87. The molecule has 0 radical (unpaired) electrons. The van der Waals surface area contributed by atoms with Gasteiger partial charge >= 0.3 is 0 Å². The zero-order valence-corrected chi connectivity index (χ0v) is 12.5. The van der Waals surface area contributed by atoms with Gasteiger partial charge in [-0.1, -0.05) is 6.07 Å². The lowest BCUT2D eigenvalue weighted by Gasteiger charge is -2.22. The van der Waals surface area contributed by atoms with E-state index in [-0.39, 0.29) is 11.8 Å². The van der Waals surface area contributed by atoms with Gasteiger partial charge in [-0.2, -0.15) is 0 Å². The maximum absolute atomic E-state index is 12.4. The van der Waals surface area contributed by atoms with Crippen LogP contribution in [0.2, 0.25) is 0 Å². The molecule has 1 aliphatic rings. The molecule has 0 N–H and O–H groups in total. The van der Waals surface area contributed by atoms with Crippen molar-refractivity contribution >= 4 is 17.2 Å². The number of rotatable bonds is 3. The van der Waals surface area contributed by atoms with Crippen LogP contribution in [0.5, 0.6) is 0 Å².